The molecule has 2 rings (SSSR count). The molecule has 1 saturated carbocycles. The monoisotopic (exact) mass is 235 g/mol. The second-order valence-electron chi connectivity index (χ2n) is 4.78. The number of rotatable bonds is 3. The lowest BCUT2D eigenvalue weighted by atomic mass is 9.91. The molecule has 1 N–H and O–H groups in total. The molecule has 92 valence electrons. The van der Waals surface area contributed by atoms with Gasteiger partial charge in [0.1, 0.15) is 5.82 Å². The second kappa shape index (κ2) is 5.30. The maximum absolute atomic E-state index is 13.2. The lowest BCUT2D eigenvalue weighted by Gasteiger charge is -2.24. The molecule has 0 radical (unpaired) electrons. The Morgan fingerprint density at radius 1 is 1.41 bits per heavy atom. The van der Waals surface area contributed by atoms with Gasteiger partial charge in [-0.2, -0.15) is 0 Å². The fourth-order valence-electron chi connectivity index (χ4n) is 2.68. The number of benzene rings is 1. The van der Waals surface area contributed by atoms with E-state index in [1.807, 2.05) is 6.07 Å². The predicted molar refractivity (Wildman–Crippen MR) is 64.9 cm³/mol. The number of nitrogens with one attached hydrogen (secondary N) is 1. The molecule has 0 aliphatic heterocycles. The van der Waals surface area contributed by atoms with Gasteiger partial charge in [0.15, 0.2) is 0 Å². The van der Waals surface area contributed by atoms with E-state index in [0.717, 1.165) is 18.4 Å². The summed E-state index contributed by atoms with van der Waals surface area (Å²) in [5.74, 6) is 0.155. The van der Waals surface area contributed by atoms with E-state index in [-0.39, 0.29) is 17.8 Å². The van der Waals surface area contributed by atoms with Crippen LogP contribution in [0, 0.1) is 11.7 Å². The molecule has 17 heavy (non-hydrogen) atoms. The van der Waals surface area contributed by atoms with Crippen molar-refractivity contribution in [3.05, 3.63) is 35.6 Å². The summed E-state index contributed by atoms with van der Waals surface area (Å²) in [5, 5.41) is 2.96. The molecule has 1 aromatic carbocycles. The van der Waals surface area contributed by atoms with Crippen molar-refractivity contribution in [3.63, 3.8) is 0 Å². The topological polar surface area (TPSA) is 29.1 Å². The Morgan fingerprint density at radius 3 is 2.71 bits per heavy atom. The number of hydrogen-bond donors (Lipinski definition) is 1. The molecule has 1 fully saturated rings. The first kappa shape index (κ1) is 12.1. The van der Waals surface area contributed by atoms with Crippen molar-refractivity contribution in [2.45, 2.75) is 38.6 Å². The molecule has 3 heteroatoms. The fourth-order valence-corrected chi connectivity index (χ4v) is 2.68. The first-order valence-corrected chi connectivity index (χ1v) is 6.19. The molecule has 1 aliphatic rings. The van der Waals surface area contributed by atoms with Crippen molar-refractivity contribution in [1.82, 2.24) is 5.32 Å². The van der Waals surface area contributed by atoms with Crippen LogP contribution < -0.4 is 5.32 Å². The Labute approximate surface area is 101 Å². The van der Waals surface area contributed by atoms with E-state index in [0.29, 0.717) is 5.92 Å². The van der Waals surface area contributed by atoms with Crippen LogP contribution in [0.3, 0.4) is 0 Å². The number of hydrogen-bond acceptors (Lipinski definition) is 1. The Hall–Kier alpha value is -1.38. The SMILES string of the molecule is CC(=O)NC(c1cccc(F)c1)C1CCCC1. The molecule has 1 atom stereocenters. The summed E-state index contributed by atoms with van der Waals surface area (Å²) in [6.45, 7) is 1.52. The summed E-state index contributed by atoms with van der Waals surface area (Å²) < 4.78 is 13.2. The van der Waals surface area contributed by atoms with Gasteiger partial charge in [0.2, 0.25) is 5.91 Å². The van der Waals surface area contributed by atoms with Gasteiger partial charge >= 0.3 is 0 Å². The van der Waals surface area contributed by atoms with Crippen LogP contribution in [-0.2, 0) is 4.79 Å². The minimum atomic E-state index is -0.240. The Balaban J connectivity index is 2.22. The number of amides is 1. The average molecular weight is 235 g/mol. The van der Waals surface area contributed by atoms with E-state index in [1.165, 1.54) is 31.9 Å². The van der Waals surface area contributed by atoms with Gasteiger partial charge in [-0.1, -0.05) is 25.0 Å². The van der Waals surface area contributed by atoms with Crippen LogP contribution in [0.1, 0.15) is 44.2 Å². The van der Waals surface area contributed by atoms with E-state index in [1.54, 1.807) is 6.07 Å². The van der Waals surface area contributed by atoms with E-state index in [9.17, 15) is 9.18 Å². The minimum Gasteiger partial charge on any atom is -0.349 e. The molecule has 0 spiro atoms. The van der Waals surface area contributed by atoms with Crippen LogP contribution in [0.5, 0.6) is 0 Å². The van der Waals surface area contributed by atoms with E-state index < -0.39 is 0 Å². The summed E-state index contributed by atoms with van der Waals surface area (Å²) in [7, 11) is 0. The largest absolute Gasteiger partial charge is 0.349 e. The smallest absolute Gasteiger partial charge is 0.217 e. The van der Waals surface area contributed by atoms with Gasteiger partial charge in [0.25, 0.3) is 0 Å². The van der Waals surface area contributed by atoms with Gasteiger partial charge < -0.3 is 5.32 Å². The zero-order valence-electron chi connectivity index (χ0n) is 10.1. The molecule has 0 bridgehead atoms. The highest BCUT2D eigenvalue weighted by Crippen LogP contribution is 2.35. The van der Waals surface area contributed by atoms with Crippen molar-refractivity contribution >= 4 is 5.91 Å². The summed E-state index contributed by atoms with van der Waals surface area (Å²) in [4.78, 5) is 11.3. The lowest BCUT2D eigenvalue weighted by molar-refractivity contribution is -0.120. The van der Waals surface area contributed by atoms with Gasteiger partial charge in [-0.25, -0.2) is 4.39 Å². The van der Waals surface area contributed by atoms with Crippen LogP contribution >= 0.6 is 0 Å². The molecule has 1 unspecified atom stereocenters. The number of halogens is 1. The standard InChI is InChI=1S/C14H18FNO/c1-10(17)16-14(11-5-2-3-6-11)12-7-4-8-13(15)9-12/h4,7-9,11,14H,2-3,5-6H2,1H3,(H,16,17). The van der Waals surface area contributed by atoms with Crippen molar-refractivity contribution in [3.8, 4) is 0 Å². The summed E-state index contributed by atoms with van der Waals surface area (Å²) >= 11 is 0. The first-order chi connectivity index (χ1) is 8.16. The Morgan fingerprint density at radius 2 is 2.12 bits per heavy atom. The van der Waals surface area contributed by atoms with Crippen molar-refractivity contribution in [2.75, 3.05) is 0 Å². The van der Waals surface area contributed by atoms with Crippen LogP contribution in [0.4, 0.5) is 4.39 Å². The van der Waals surface area contributed by atoms with Crippen molar-refractivity contribution in [1.29, 1.82) is 0 Å². The second-order valence-corrected chi connectivity index (χ2v) is 4.78. The van der Waals surface area contributed by atoms with Crippen LogP contribution in [-0.4, -0.2) is 5.91 Å². The third-order valence-corrected chi connectivity index (χ3v) is 3.44. The number of carbonyl (C=O) groups is 1. The highest BCUT2D eigenvalue weighted by atomic mass is 19.1. The van der Waals surface area contributed by atoms with Crippen molar-refractivity contribution < 1.29 is 9.18 Å². The van der Waals surface area contributed by atoms with Gasteiger partial charge in [0, 0.05) is 6.92 Å². The van der Waals surface area contributed by atoms with Gasteiger partial charge in [-0.15, -0.1) is 0 Å². The van der Waals surface area contributed by atoms with Gasteiger partial charge in [0.05, 0.1) is 6.04 Å². The maximum atomic E-state index is 13.2. The molecule has 0 heterocycles. The van der Waals surface area contributed by atoms with E-state index >= 15 is 0 Å². The maximum Gasteiger partial charge on any atom is 0.217 e. The molecule has 2 nitrogen and oxygen atoms in total. The first-order valence-electron chi connectivity index (χ1n) is 6.19. The third kappa shape index (κ3) is 3.05. The molecule has 1 aromatic rings. The molecule has 1 amide bonds. The minimum absolute atomic E-state index is 0.0364. The Bertz CT molecular complexity index is 399. The van der Waals surface area contributed by atoms with Gasteiger partial charge in [-0.05, 0) is 36.5 Å². The van der Waals surface area contributed by atoms with Gasteiger partial charge in [-0.3, -0.25) is 4.79 Å². The zero-order chi connectivity index (χ0) is 12.3. The lowest BCUT2D eigenvalue weighted by Crippen LogP contribution is -2.30. The normalized spacial score (nSPS) is 18.0. The quantitative estimate of drug-likeness (QED) is 0.856. The molecular formula is C14H18FNO. The molecule has 0 aromatic heterocycles. The summed E-state index contributed by atoms with van der Waals surface area (Å²) in [6.07, 6.45) is 4.63. The third-order valence-electron chi connectivity index (χ3n) is 3.44. The van der Waals surface area contributed by atoms with E-state index in [4.69, 9.17) is 0 Å². The van der Waals surface area contributed by atoms with Crippen molar-refractivity contribution in [2.24, 2.45) is 5.92 Å². The summed E-state index contributed by atoms with van der Waals surface area (Å²) in [6, 6.07) is 6.52. The van der Waals surface area contributed by atoms with Crippen LogP contribution in [0.2, 0.25) is 0 Å². The average Bonchev–Trinajstić information content (AvgIpc) is 2.79. The van der Waals surface area contributed by atoms with Crippen LogP contribution in [0.25, 0.3) is 0 Å². The summed E-state index contributed by atoms with van der Waals surface area (Å²) in [5.41, 5.74) is 0.882. The zero-order valence-corrected chi connectivity index (χ0v) is 10.1. The molecule has 0 saturated heterocycles. The van der Waals surface area contributed by atoms with Crippen LogP contribution in [0.15, 0.2) is 24.3 Å². The highest BCUT2D eigenvalue weighted by Gasteiger charge is 2.27. The van der Waals surface area contributed by atoms with E-state index in [2.05, 4.69) is 5.32 Å². The predicted octanol–water partition coefficient (Wildman–Crippen LogP) is 3.19. The molecular weight excluding hydrogens is 217 g/mol. The fraction of sp³-hybridized carbons (Fsp3) is 0.500. The molecule has 1 aliphatic carbocycles. The Kier molecular flexibility index (Phi) is 3.77. The highest BCUT2D eigenvalue weighted by molar-refractivity contribution is 5.73. The number of carbonyl (C=O) groups excluding carboxylic acids is 1.